The van der Waals surface area contributed by atoms with E-state index >= 15 is 0 Å². The Morgan fingerprint density at radius 2 is 2.08 bits per heavy atom. The molecule has 2 heterocycles. The Kier molecular flexibility index (Phi) is 5.06. The maximum absolute atomic E-state index is 12.5. The highest BCUT2D eigenvalue weighted by Crippen LogP contribution is 2.33. The number of hydrogen-bond donors (Lipinski definition) is 3. The van der Waals surface area contributed by atoms with Crippen molar-refractivity contribution in [1.82, 2.24) is 14.5 Å². The van der Waals surface area contributed by atoms with Crippen LogP contribution in [0.3, 0.4) is 0 Å². The first-order chi connectivity index (χ1) is 11.1. The summed E-state index contributed by atoms with van der Waals surface area (Å²) >= 11 is 0.766. The molecule has 0 unspecified atom stereocenters. The van der Waals surface area contributed by atoms with Crippen LogP contribution in [0.5, 0.6) is 0 Å². The highest BCUT2D eigenvalue weighted by molar-refractivity contribution is 7.91. The first kappa shape index (κ1) is 18.1. The van der Waals surface area contributed by atoms with Gasteiger partial charge in [0, 0.05) is 19.3 Å². The molecule has 0 aliphatic carbocycles. The van der Waals surface area contributed by atoms with Crippen LogP contribution < -0.4 is 11.1 Å². The van der Waals surface area contributed by atoms with Crippen LogP contribution in [-0.4, -0.2) is 47.8 Å². The van der Waals surface area contributed by atoms with Gasteiger partial charge in [0.05, 0.1) is 5.56 Å². The van der Waals surface area contributed by atoms with Gasteiger partial charge in [0.2, 0.25) is 0 Å². The Balaban J connectivity index is 2.41. The van der Waals surface area contributed by atoms with Crippen LogP contribution in [0.1, 0.15) is 34.7 Å². The van der Waals surface area contributed by atoms with Gasteiger partial charge >= 0.3 is 0 Å². The summed E-state index contributed by atoms with van der Waals surface area (Å²) in [4.78, 5) is 23.6. The molecule has 9 nitrogen and oxygen atoms in total. The summed E-state index contributed by atoms with van der Waals surface area (Å²) in [7, 11) is -2.36. The van der Waals surface area contributed by atoms with Gasteiger partial charge in [-0.1, -0.05) is 0 Å². The molecule has 0 atom stereocenters. The summed E-state index contributed by atoms with van der Waals surface area (Å²) in [6, 6.07) is 2.34. The number of nitrogens with two attached hydrogens (primary N) is 1. The molecule has 11 heteroatoms. The summed E-state index contributed by atoms with van der Waals surface area (Å²) in [5.41, 5.74) is 5.32. The van der Waals surface area contributed by atoms with Crippen molar-refractivity contribution in [2.45, 2.75) is 24.1 Å². The molecular weight excluding hydrogens is 354 g/mol. The lowest BCUT2D eigenvalue weighted by atomic mass is 10.3. The van der Waals surface area contributed by atoms with Crippen molar-refractivity contribution < 1.29 is 18.0 Å². The van der Waals surface area contributed by atoms with Crippen molar-refractivity contribution in [2.75, 3.05) is 12.4 Å². The lowest BCUT2D eigenvalue weighted by molar-refractivity contribution is 0.100. The highest BCUT2D eigenvalue weighted by Gasteiger charge is 2.28. The second kappa shape index (κ2) is 6.71. The van der Waals surface area contributed by atoms with Crippen LogP contribution in [0.25, 0.3) is 0 Å². The normalized spacial score (nSPS) is 11.9. The molecule has 2 amide bonds. The van der Waals surface area contributed by atoms with Crippen LogP contribution in [0.2, 0.25) is 0 Å². The standard InChI is InChI=1S/C13H17N5O4S2/c1-7(2)18(3)24(21,22)10-6-8(11(14)19)13(23-10)16-12(20)9-4-5-15-17-9/h4-7H,1-3H3,(H2,14,19)(H,15,17)(H,16,20). The quantitative estimate of drug-likeness (QED) is 0.691. The number of aromatic amines is 1. The molecule has 0 aliphatic heterocycles. The number of rotatable bonds is 6. The minimum absolute atomic E-state index is 0.0613. The predicted octanol–water partition coefficient (Wildman–Crippen LogP) is 0.851. The molecule has 0 saturated carbocycles. The van der Waals surface area contributed by atoms with Gasteiger partial charge in [0.25, 0.3) is 21.8 Å². The summed E-state index contributed by atoms with van der Waals surface area (Å²) in [5, 5.41) is 8.74. The largest absolute Gasteiger partial charge is 0.366 e. The second-order valence-electron chi connectivity index (χ2n) is 5.20. The lowest BCUT2D eigenvalue weighted by Crippen LogP contribution is -2.32. The number of amides is 2. The molecule has 2 aromatic heterocycles. The van der Waals surface area contributed by atoms with Crippen LogP contribution in [0.4, 0.5) is 5.00 Å². The number of anilines is 1. The first-order valence-corrected chi connectivity index (χ1v) is 9.13. The molecule has 4 N–H and O–H groups in total. The zero-order valence-corrected chi connectivity index (χ0v) is 14.9. The van der Waals surface area contributed by atoms with Crippen molar-refractivity contribution in [1.29, 1.82) is 0 Å². The topological polar surface area (TPSA) is 138 Å². The second-order valence-corrected chi connectivity index (χ2v) is 8.48. The van der Waals surface area contributed by atoms with Gasteiger partial charge in [0.15, 0.2) is 0 Å². The van der Waals surface area contributed by atoms with Crippen LogP contribution >= 0.6 is 11.3 Å². The molecule has 130 valence electrons. The van der Waals surface area contributed by atoms with Gasteiger partial charge in [0.1, 0.15) is 14.9 Å². The molecule has 0 aliphatic rings. The third-order valence-electron chi connectivity index (χ3n) is 3.30. The van der Waals surface area contributed by atoms with Crippen molar-refractivity contribution in [3.05, 3.63) is 29.6 Å². The van der Waals surface area contributed by atoms with E-state index in [0.717, 1.165) is 11.3 Å². The molecule has 0 aromatic carbocycles. The highest BCUT2D eigenvalue weighted by atomic mass is 32.2. The maximum Gasteiger partial charge on any atom is 0.276 e. The number of sulfonamides is 1. The van der Waals surface area contributed by atoms with E-state index in [0.29, 0.717) is 0 Å². The summed E-state index contributed by atoms with van der Waals surface area (Å²) in [6.07, 6.45) is 1.46. The van der Waals surface area contributed by atoms with Gasteiger partial charge in [-0.3, -0.25) is 14.7 Å². The Morgan fingerprint density at radius 1 is 1.42 bits per heavy atom. The number of nitrogens with zero attached hydrogens (tertiary/aromatic N) is 2. The minimum atomic E-state index is -3.79. The molecule has 0 fully saturated rings. The Morgan fingerprint density at radius 3 is 2.58 bits per heavy atom. The number of hydrogen-bond acceptors (Lipinski definition) is 6. The van der Waals surface area contributed by atoms with E-state index < -0.39 is 21.8 Å². The minimum Gasteiger partial charge on any atom is -0.366 e. The SMILES string of the molecule is CC(C)N(C)S(=O)(=O)c1cc(C(N)=O)c(NC(=O)c2cc[nH]n2)s1. The van der Waals surface area contributed by atoms with E-state index in [1.165, 1.54) is 29.7 Å². The summed E-state index contributed by atoms with van der Waals surface area (Å²) in [5.74, 6) is -1.42. The monoisotopic (exact) mass is 371 g/mol. The van der Waals surface area contributed by atoms with E-state index in [1.807, 2.05) is 0 Å². The number of carbonyl (C=O) groups excluding carboxylic acids is 2. The van der Waals surface area contributed by atoms with Crippen molar-refractivity contribution in [3.8, 4) is 0 Å². The predicted molar refractivity (Wildman–Crippen MR) is 89.5 cm³/mol. The van der Waals surface area contributed by atoms with Crippen LogP contribution in [0.15, 0.2) is 22.5 Å². The molecule has 2 rings (SSSR count). The van der Waals surface area contributed by atoms with Gasteiger partial charge in [-0.25, -0.2) is 8.42 Å². The number of H-pyrrole nitrogens is 1. The van der Waals surface area contributed by atoms with Gasteiger partial charge < -0.3 is 11.1 Å². The fourth-order valence-corrected chi connectivity index (χ4v) is 4.67. The smallest absolute Gasteiger partial charge is 0.276 e. The van der Waals surface area contributed by atoms with Crippen molar-refractivity contribution >= 4 is 38.2 Å². The Labute approximate surface area is 142 Å². The van der Waals surface area contributed by atoms with Gasteiger partial charge in [-0.2, -0.15) is 9.40 Å². The molecule has 2 aromatic rings. The molecule has 24 heavy (non-hydrogen) atoms. The lowest BCUT2D eigenvalue weighted by Gasteiger charge is -2.19. The van der Waals surface area contributed by atoms with E-state index in [4.69, 9.17) is 5.73 Å². The third kappa shape index (κ3) is 3.47. The van der Waals surface area contributed by atoms with Crippen LogP contribution in [0, 0.1) is 0 Å². The summed E-state index contributed by atoms with van der Waals surface area (Å²) in [6.45, 7) is 3.45. The molecule has 0 saturated heterocycles. The average Bonchev–Trinajstić information content (AvgIpc) is 3.15. The number of primary amides is 1. The fourth-order valence-electron chi connectivity index (χ4n) is 1.74. The number of aromatic nitrogens is 2. The van der Waals surface area contributed by atoms with Crippen molar-refractivity contribution in [3.63, 3.8) is 0 Å². The zero-order chi connectivity index (χ0) is 18.1. The van der Waals surface area contributed by atoms with E-state index in [-0.39, 0.29) is 26.5 Å². The molecular formula is C13H17N5O4S2. The fraction of sp³-hybridized carbons (Fsp3) is 0.308. The Hall–Kier alpha value is -2.24. The number of nitrogens with one attached hydrogen (secondary N) is 2. The zero-order valence-electron chi connectivity index (χ0n) is 13.2. The maximum atomic E-state index is 12.5. The van der Waals surface area contributed by atoms with Crippen molar-refractivity contribution in [2.24, 2.45) is 5.73 Å². The average molecular weight is 371 g/mol. The third-order valence-corrected chi connectivity index (χ3v) is 6.83. The van der Waals surface area contributed by atoms with Crippen LogP contribution in [-0.2, 0) is 10.0 Å². The molecule has 0 bridgehead atoms. The molecule has 0 spiro atoms. The number of carbonyl (C=O) groups is 2. The van der Waals surface area contributed by atoms with Gasteiger partial charge in [-0.05, 0) is 26.0 Å². The first-order valence-electron chi connectivity index (χ1n) is 6.87. The van der Waals surface area contributed by atoms with E-state index in [2.05, 4.69) is 15.5 Å². The van der Waals surface area contributed by atoms with E-state index in [9.17, 15) is 18.0 Å². The number of thiophene rings is 1. The summed E-state index contributed by atoms with van der Waals surface area (Å²) < 4.78 is 26.2. The van der Waals surface area contributed by atoms with Gasteiger partial charge in [-0.15, -0.1) is 11.3 Å². The van der Waals surface area contributed by atoms with E-state index in [1.54, 1.807) is 13.8 Å². The molecule has 0 radical (unpaired) electrons. The Bertz CT molecular complexity index is 855.